The van der Waals surface area contributed by atoms with Crippen molar-refractivity contribution in [3.05, 3.63) is 17.7 Å². The zero-order valence-electron chi connectivity index (χ0n) is 23.7. The van der Waals surface area contributed by atoms with Gasteiger partial charge in [0.05, 0.1) is 79.6 Å². The van der Waals surface area contributed by atoms with Gasteiger partial charge in [-0.1, -0.05) is 0 Å². The maximum Gasteiger partial charge on any atom is 0.204 e. The number of benzene rings is 3. The van der Waals surface area contributed by atoms with Gasteiger partial charge in [-0.2, -0.15) is 0 Å². The minimum atomic E-state index is 0.533. The smallest absolute Gasteiger partial charge is 0.204 e. The molecule has 2 aromatic heterocycles. The van der Waals surface area contributed by atoms with E-state index in [4.69, 9.17) is 33.2 Å². The topological polar surface area (TPSA) is 74.5 Å². The number of fused-ring (bicyclic) bond motifs is 4. The van der Waals surface area contributed by atoms with Crippen molar-refractivity contribution < 1.29 is 33.2 Å². The van der Waals surface area contributed by atoms with Gasteiger partial charge in [-0.3, -0.25) is 0 Å². The van der Waals surface area contributed by atoms with Crippen molar-refractivity contribution in [1.29, 1.82) is 0 Å². The van der Waals surface area contributed by atoms with Gasteiger partial charge in [0.15, 0.2) is 34.5 Å². The van der Waals surface area contributed by atoms with Crippen LogP contribution in [0.25, 0.3) is 40.9 Å². The van der Waals surface area contributed by atoms with Gasteiger partial charge in [-0.15, -0.1) is 22.7 Å². The van der Waals surface area contributed by atoms with Gasteiger partial charge in [0, 0.05) is 20.2 Å². The Kier molecular flexibility index (Phi) is 6.98. The quantitative estimate of drug-likeness (QED) is 0.204. The number of rotatable bonds is 7. The highest BCUT2D eigenvalue weighted by atomic mass is 32.1. The fraction of sp³-hybridized carbons (Fsp3) is 0.357. The minimum Gasteiger partial charge on any atom is -0.493 e. The molecule has 0 bridgehead atoms. The molecule has 5 aromatic rings. The molecule has 0 unspecified atom stereocenters. The maximum absolute atomic E-state index is 6.16. The summed E-state index contributed by atoms with van der Waals surface area (Å²) in [7, 11) is 15.6. The number of methoxy groups -OCH3 is 7. The molecule has 0 fully saturated rings. The summed E-state index contributed by atoms with van der Waals surface area (Å²) in [6, 6.07) is 4.05. The van der Waals surface area contributed by atoms with E-state index in [1.165, 1.54) is 0 Å². The molecular formula is C28H32N2O7S2. The SMILES string of the molecule is COc1cc2c(sc3c(OC)c4c(sc5c(OC)c(OC)c(C)cc5n4C)c(OC)c3n2C)c(OC)c1OC. The number of aryl methyl sites for hydroxylation is 3. The van der Waals surface area contributed by atoms with Crippen molar-refractivity contribution in [2.75, 3.05) is 49.8 Å². The first-order chi connectivity index (χ1) is 18.8. The molecule has 0 saturated carbocycles. The van der Waals surface area contributed by atoms with Crippen molar-refractivity contribution >= 4 is 63.5 Å². The van der Waals surface area contributed by atoms with Crippen molar-refractivity contribution in [3.63, 3.8) is 0 Å². The first-order valence-electron chi connectivity index (χ1n) is 12.0. The van der Waals surface area contributed by atoms with E-state index < -0.39 is 0 Å². The Morgan fingerprint density at radius 3 is 1.31 bits per heavy atom. The van der Waals surface area contributed by atoms with Crippen LogP contribution in [0, 0.1) is 6.92 Å². The second-order valence-corrected chi connectivity index (χ2v) is 10.9. The summed E-state index contributed by atoms with van der Waals surface area (Å²) in [4.78, 5) is 0. The number of hydrogen-bond donors (Lipinski definition) is 0. The van der Waals surface area contributed by atoms with Gasteiger partial charge in [-0.25, -0.2) is 0 Å². The molecule has 5 rings (SSSR count). The molecule has 39 heavy (non-hydrogen) atoms. The van der Waals surface area contributed by atoms with Crippen molar-refractivity contribution in [3.8, 4) is 40.2 Å². The molecule has 2 heterocycles. The van der Waals surface area contributed by atoms with Crippen LogP contribution >= 0.6 is 22.7 Å². The largest absolute Gasteiger partial charge is 0.493 e. The van der Waals surface area contributed by atoms with Crippen LogP contribution in [0.15, 0.2) is 12.1 Å². The molecule has 9 nitrogen and oxygen atoms in total. The van der Waals surface area contributed by atoms with Crippen molar-refractivity contribution in [1.82, 2.24) is 9.13 Å². The van der Waals surface area contributed by atoms with Gasteiger partial charge in [0.25, 0.3) is 0 Å². The zero-order valence-corrected chi connectivity index (χ0v) is 25.4. The molecular weight excluding hydrogens is 540 g/mol. The lowest BCUT2D eigenvalue weighted by Gasteiger charge is -2.23. The maximum atomic E-state index is 6.16. The predicted octanol–water partition coefficient (Wildman–Crippen LogP) is 6.59. The fourth-order valence-corrected chi connectivity index (χ4v) is 7.99. The molecule has 11 heteroatoms. The number of nitrogens with zero attached hydrogens (tertiary/aromatic N) is 2. The Balaban J connectivity index is 2.10. The average molecular weight is 573 g/mol. The second-order valence-electron chi connectivity index (χ2n) is 8.85. The first-order valence-corrected chi connectivity index (χ1v) is 13.7. The molecule has 0 aliphatic carbocycles. The Hall–Kier alpha value is -3.70. The lowest BCUT2D eigenvalue weighted by Crippen LogP contribution is -2.05. The van der Waals surface area contributed by atoms with E-state index in [9.17, 15) is 0 Å². The van der Waals surface area contributed by atoms with E-state index in [-0.39, 0.29) is 0 Å². The highest BCUT2D eigenvalue weighted by Crippen LogP contribution is 2.53. The lowest BCUT2D eigenvalue weighted by molar-refractivity contribution is 0.327. The van der Waals surface area contributed by atoms with Crippen LogP contribution in [0.3, 0.4) is 0 Å². The van der Waals surface area contributed by atoms with Crippen LogP contribution in [0.1, 0.15) is 5.56 Å². The minimum absolute atomic E-state index is 0.533. The van der Waals surface area contributed by atoms with Crippen LogP contribution in [-0.2, 0) is 14.1 Å². The average Bonchev–Trinajstić information content (AvgIpc) is 2.95. The summed E-state index contributed by atoms with van der Waals surface area (Å²) < 4.78 is 48.9. The Labute approximate surface area is 234 Å². The van der Waals surface area contributed by atoms with Gasteiger partial charge in [-0.05, 0) is 18.6 Å². The van der Waals surface area contributed by atoms with Crippen molar-refractivity contribution in [2.45, 2.75) is 6.92 Å². The van der Waals surface area contributed by atoms with E-state index in [1.807, 2.05) is 27.1 Å². The third-order valence-corrected chi connectivity index (χ3v) is 9.38. The van der Waals surface area contributed by atoms with E-state index in [0.29, 0.717) is 28.7 Å². The van der Waals surface area contributed by atoms with E-state index in [2.05, 4.69) is 15.2 Å². The Morgan fingerprint density at radius 2 is 0.897 bits per heavy atom. The molecule has 0 radical (unpaired) electrons. The molecule has 0 amide bonds. The summed E-state index contributed by atoms with van der Waals surface area (Å²) in [6.07, 6.45) is 0. The monoisotopic (exact) mass is 572 g/mol. The Bertz CT molecular complexity index is 1810. The van der Waals surface area contributed by atoms with Crippen LogP contribution < -0.4 is 33.2 Å². The summed E-state index contributed by atoms with van der Waals surface area (Å²) in [5, 5.41) is 0. The summed E-state index contributed by atoms with van der Waals surface area (Å²) >= 11 is 3.13. The van der Waals surface area contributed by atoms with E-state index in [0.717, 1.165) is 57.9 Å². The Morgan fingerprint density at radius 1 is 0.487 bits per heavy atom. The molecule has 0 atom stereocenters. The molecule has 0 aliphatic rings. The van der Waals surface area contributed by atoms with Gasteiger partial charge in [0.2, 0.25) is 5.75 Å². The summed E-state index contributed by atoms with van der Waals surface area (Å²) in [6.45, 7) is 2.01. The summed E-state index contributed by atoms with van der Waals surface area (Å²) in [5.41, 5.74) is 4.64. The number of hydrogen-bond acceptors (Lipinski definition) is 9. The van der Waals surface area contributed by atoms with Gasteiger partial charge in [0.1, 0.15) is 11.0 Å². The molecule has 3 aromatic carbocycles. The van der Waals surface area contributed by atoms with Gasteiger partial charge < -0.3 is 42.3 Å². The fourth-order valence-electron chi connectivity index (χ4n) is 5.25. The predicted molar refractivity (Wildman–Crippen MR) is 158 cm³/mol. The molecule has 208 valence electrons. The zero-order chi connectivity index (χ0) is 28.2. The molecule has 0 aliphatic heterocycles. The lowest BCUT2D eigenvalue weighted by atomic mass is 10.1. The standard InChI is InChI=1S/C28H32N2O7S2/c1-13-11-14-25(23(36-9)19(13)32-5)38-27-17(29(14)2)21(34-7)28-18(22(27)35-8)30(3)15-12-16(31-4)20(33-6)24(37-10)26(15)39-28/h11-12H,1-10H3. The highest BCUT2D eigenvalue weighted by molar-refractivity contribution is 7.27. The van der Waals surface area contributed by atoms with E-state index >= 15 is 0 Å². The second kappa shape index (κ2) is 10.1. The molecule has 0 saturated heterocycles. The number of aromatic nitrogens is 2. The van der Waals surface area contributed by atoms with Gasteiger partial charge >= 0.3 is 0 Å². The molecule has 0 N–H and O–H groups in total. The first kappa shape index (κ1) is 26.9. The van der Waals surface area contributed by atoms with Crippen LogP contribution in [0.4, 0.5) is 0 Å². The van der Waals surface area contributed by atoms with Crippen LogP contribution in [0.5, 0.6) is 40.2 Å². The molecule has 0 spiro atoms. The van der Waals surface area contributed by atoms with Crippen molar-refractivity contribution in [2.24, 2.45) is 14.1 Å². The normalized spacial score (nSPS) is 11.3. The number of ether oxygens (including phenoxy) is 7. The third kappa shape index (κ3) is 3.70. The van der Waals surface area contributed by atoms with E-state index in [1.54, 1.807) is 72.4 Å². The van der Waals surface area contributed by atoms with Crippen LogP contribution in [-0.4, -0.2) is 58.9 Å². The third-order valence-electron chi connectivity index (χ3n) is 7.01. The summed E-state index contributed by atoms with van der Waals surface area (Å²) in [5.74, 6) is 4.54. The highest BCUT2D eigenvalue weighted by Gasteiger charge is 2.27. The van der Waals surface area contributed by atoms with Crippen LogP contribution in [0.2, 0.25) is 0 Å².